The van der Waals surface area contributed by atoms with Gasteiger partial charge in [0.1, 0.15) is 5.15 Å². The number of hydrogen-bond donors (Lipinski definition) is 1. The summed E-state index contributed by atoms with van der Waals surface area (Å²) in [6.45, 7) is 3.47. The number of nitro groups is 1. The molecular weight excluding hydrogens is 296 g/mol. The van der Waals surface area contributed by atoms with Crippen molar-refractivity contribution in [2.24, 2.45) is 5.92 Å². The van der Waals surface area contributed by atoms with Gasteiger partial charge in [-0.3, -0.25) is 14.9 Å². The summed E-state index contributed by atoms with van der Waals surface area (Å²) in [6.07, 6.45) is 1.71. The largest absolute Gasteiger partial charge is 0.356 e. The molecule has 0 radical (unpaired) electrons. The van der Waals surface area contributed by atoms with E-state index in [0.29, 0.717) is 31.4 Å². The standard InChI is InChI=1S/C13H17ClN4O3/c1-9(19)15-8-10-4-6-17(7-5-10)13-11(18(20)21)2-3-12(14)16-13/h2-3,10H,4-8H2,1H3,(H,15,19). The smallest absolute Gasteiger partial charge is 0.311 e. The zero-order valence-electron chi connectivity index (χ0n) is 11.7. The number of carbonyl (C=O) groups is 1. The van der Waals surface area contributed by atoms with E-state index in [9.17, 15) is 14.9 Å². The predicted octanol–water partition coefficient (Wildman–Crippen LogP) is 2.00. The summed E-state index contributed by atoms with van der Waals surface area (Å²) in [5.41, 5.74) is -0.0280. The van der Waals surface area contributed by atoms with Crippen molar-refractivity contribution in [3.8, 4) is 0 Å². The lowest BCUT2D eigenvalue weighted by Gasteiger charge is -2.32. The van der Waals surface area contributed by atoms with E-state index >= 15 is 0 Å². The number of halogens is 1. The number of hydrogen-bond acceptors (Lipinski definition) is 5. The van der Waals surface area contributed by atoms with Crippen LogP contribution in [0.5, 0.6) is 0 Å². The van der Waals surface area contributed by atoms with Gasteiger partial charge in [0.05, 0.1) is 4.92 Å². The third-order valence-corrected chi connectivity index (χ3v) is 3.78. The second kappa shape index (κ2) is 6.71. The van der Waals surface area contributed by atoms with Crippen molar-refractivity contribution in [1.82, 2.24) is 10.3 Å². The van der Waals surface area contributed by atoms with Gasteiger partial charge in [0, 0.05) is 32.6 Å². The van der Waals surface area contributed by atoms with E-state index in [4.69, 9.17) is 11.6 Å². The number of rotatable bonds is 4. The second-order valence-electron chi connectivity index (χ2n) is 5.10. The van der Waals surface area contributed by atoms with Crippen molar-refractivity contribution in [1.29, 1.82) is 0 Å². The summed E-state index contributed by atoms with van der Waals surface area (Å²) < 4.78 is 0. The summed E-state index contributed by atoms with van der Waals surface area (Å²) in [5, 5.41) is 14.1. The first-order valence-electron chi connectivity index (χ1n) is 6.77. The van der Waals surface area contributed by atoms with Crippen LogP contribution >= 0.6 is 11.6 Å². The highest BCUT2D eigenvalue weighted by Crippen LogP contribution is 2.30. The molecule has 21 heavy (non-hydrogen) atoms. The Balaban J connectivity index is 2.03. The van der Waals surface area contributed by atoms with Crippen LogP contribution in [0.2, 0.25) is 5.15 Å². The Bertz CT molecular complexity index is 544. The Morgan fingerprint density at radius 3 is 2.76 bits per heavy atom. The Labute approximate surface area is 127 Å². The first kappa shape index (κ1) is 15.5. The minimum atomic E-state index is -0.442. The van der Waals surface area contributed by atoms with Gasteiger partial charge < -0.3 is 10.2 Å². The third kappa shape index (κ3) is 4.04. The Morgan fingerprint density at radius 2 is 2.19 bits per heavy atom. The van der Waals surface area contributed by atoms with Crippen molar-refractivity contribution >= 4 is 29.0 Å². The molecule has 0 spiro atoms. The van der Waals surface area contributed by atoms with Crippen LogP contribution in [0.15, 0.2) is 12.1 Å². The first-order chi connectivity index (χ1) is 9.97. The predicted molar refractivity (Wildman–Crippen MR) is 79.5 cm³/mol. The lowest BCUT2D eigenvalue weighted by molar-refractivity contribution is -0.384. The number of piperidine rings is 1. The number of aromatic nitrogens is 1. The lowest BCUT2D eigenvalue weighted by Crippen LogP contribution is -2.38. The van der Waals surface area contributed by atoms with Crippen LogP contribution in [0.4, 0.5) is 11.5 Å². The maximum absolute atomic E-state index is 11.1. The molecule has 114 valence electrons. The highest BCUT2D eigenvalue weighted by molar-refractivity contribution is 6.29. The minimum Gasteiger partial charge on any atom is -0.356 e. The summed E-state index contributed by atoms with van der Waals surface area (Å²) in [6, 6.07) is 2.81. The van der Waals surface area contributed by atoms with Gasteiger partial charge in [0.15, 0.2) is 0 Å². The van der Waals surface area contributed by atoms with Gasteiger partial charge in [-0.2, -0.15) is 0 Å². The maximum Gasteiger partial charge on any atom is 0.311 e. The minimum absolute atomic E-state index is 0.0280. The summed E-state index contributed by atoms with van der Waals surface area (Å²) in [7, 11) is 0. The maximum atomic E-state index is 11.1. The molecule has 1 amide bonds. The van der Waals surface area contributed by atoms with E-state index in [2.05, 4.69) is 10.3 Å². The summed E-state index contributed by atoms with van der Waals surface area (Å²) >= 11 is 5.85. The van der Waals surface area contributed by atoms with Gasteiger partial charge in [-0.1, -0.05) is 11.6 Å². The average molecular weight is 313 g/mol. The SMILES string of the molecule is CC(=O)NCC1CCN(c2nc(Cl)ccc2[N+](=O)[O-])CC1. The monoisotopic (exact) mass is 312 g/mol. The van der Waals surface area contributed by atoms with Gasteiger partial charge in [-0.15, -0.1) is 0 Å². The van der Waals surface area contributed by atoms with Crippen molar-refractivity contribution in [3.05, 3.63) is 27.4 Å². The van der Waals surface area contributed by atoms with Crippen molar-refractivity contribution < 1.29 is 9.72 Å². The van der Waals surface area contributed by atoms with Crippen LogP contribution in [0, 0.1) is 16.0 Å². The fourth-order valence-corrected chi connectivity index (χ4v) is 2.57. The van der Waals surface area contributed by atoms with E-state index < -0.39 is 4.92 Å². The van der Waals surface area contributed by atoms with Gasteiger partial charge in [-0.05, 0) is 24.8 Å². The molecule has 1 fully saturated rings. The molecule has 7 nitrogen and oxygen atoms in total. The molecule has 1 aromatic heterocycles. The molecule has 2 rings (SSSR count). The zero-order valence-corrected chi connectivity index (χ0v) is 12.5. The third-order valence-electron chi connectivity index (χ3n) is 3.57. The normalized spacial score (nSPS) is 15.8. The van der Waals surface area contributed by atoms with Crippen LogP contribution in [0.3, 0.4) is 0 Å². The van der Waals surface area contributed by atoms with E-state index in [1.807, 2.05) is 4.90 Å². The molecule has 0 saturated carbocycles. The van der Waals surface area contributed by atoms with E-state index in [-0.39, 0.29) is 16.7 Å². The highest BCUT2D eigenvalue weighted by atomic mass is 35.5. The van der Waals surface area contributed by atoms with Crippen molar-refractivity contribution in [2.45, 2.75) is 19.8 Å². The average Bonchev–Trinajstić information content (AvgIpc) is 2.45. The Morgan fingerprint density at radius 1 is 1.52 bits per heavy atom. The van der Waals surface area contributed by atoms with Crippen LogP contribution in [0.25, 0.3) is 0 Å². The van der Waals surface area contributed by atoms with Gasteiger partial charge in [0.2, 0.25) is 11.7 Å². The molecule has 0 atom stereocenters. The van der Waals surface area contributed by atoms with Crippen molar-refractivity contribution in [3.63, 3.8) is 0 Å². The molecular formula is C13H17ClN4O3. The van der Waals surface area contributed by atoms with Crippen molar-refractivity contribution in [2.75, 3.05) is 24.5 Å². The fourth-order valence-electron chi connectivity index (χ4n) is 2.43. The van der Waals surface area contributed by atoms with E-state index in [1.54, 1.807) is 0 Å². The van der Waals surface area contributed by atoms with Crippen LogP contribution in [-0.4, -0.2) is 35.4 Å². The molecule has 1 aliphatic rings. The number of anilines is 1. The fraction of sp³-hybridized carbons (Fsp3) is 0.538. The van der Waals surface area contributed by atoms with Gasteiger partial charge in [0.25, 0.3) is 0 Å². The molecule has 0 bridgehead atoms. The molecule has 8 heteroatoms. The second-order valence-corrected chi connectivity index (χ2v) is 5.49. The van der Waals surface area contributed by atoms with E-state index in [1.165, 1.54) is 19.1 Å². The first-order valence-corrected chi connectivity index (χ1v) is 7.15. The number of pyridine rings is 1. The zero-order chi connectivity index (χ0) is 15.4. The quantitative estimate of drug-likeness (QED) is 0.522. The van der Waals surface area contributed by atoms with Crippen LogP contribution in [-0.2, 0) is 4.79 Å². The Kier molecular flexibility index (Phi) is 4.95. The molecule has 0 unspecified atom stereocenters. The number of nitrogens with one attached hydrogen (secondary N) is 1. The van der Waals surface area contributed by atoms with E-state index in [0.717, 1.165) is 12.8 Å². The van der Waals surface area contributed by atoms with Crippen LogP contribution < -0.4 is 10.2 Å². The summed E-state index contributed by atoms with van der Waals surface area (Å²) in [5.74, 6) is 0.679. The number of nitrogens with zero attached hydrogens (tertiary/aromatic N) is 3. The Hall–Kier alpha value is -1.89. The van der Waals surface area contributed by atoms with Gasteiger partial charge in [-0.25, -0.2) is 4.98 Å². The van der Waals surface area contributed by atoms with Gasteiger partial charge >= 0.3 is 5.69 Å². The topological polar surface area (TPSA) is 88.4 Å². The molecule has 0 aromatic carbocycles. The summed E-state index contributed by atoms with van der Waals surface area (Å²) in [4.78, 5) is 27.5. The molecule has 1 aromatic rings. The highest BCUT2D eigenvalue weighted by Gasteiger charge is 2.26. The lowest BCUT2D eigenvalue weighted by atomic mass is 9.96. The number of carbonyl (C=O) groups excluding carboxylic acids is 1. The molecule has 2 heterocycles. The molecule has 1 aliphatic heterocycles. The van der Waals surface area contributed by atoms with Crippen LogP contribution in [0.1, 0.15) is 19.8 Å². The molecule has 0 aliphatic carbocycles. The number of amides is 1. The molecule has 1 N–H and O–H groups in total. The molecule has 1 saturated heterocycles.